The normalized spacial score (nSPS) is 10.0. The first-order valence-corrected chi connectivity index (χ1v) is 4.66. The minimum atomic E-state index is 0.214. The van der Waals surface area contributed by atoms with E-state index < -0.39 is 0 Å². The summed E-state index contributed by atoms with van der Waals surface area (Å²) in [6.45, 7) is 0. The topological polar surface area (TPSA) is 47.9 Å². The number of rotatable bonds is 2. The number of halogens is 1. The van der Waals surface area contributed by atoms with E-state index in [4.69, 9.17) is 16.3 Å². The molecule has 0 N–H and O–H groups in total. The van der Waals surface area contributed by atoms with E-state index in [2.05, 4.69) is 15.0 Å². The fourth-order valence-corrected chi connectivity index (χ4v) is 1.39. The van der Waals surface area contributed by atoms with Gasteiger partial charge in [0.05, 0.1) is 19.0 Å². The Balaban J connectivity index is 2.53. The molecule has 0 fully saturated rings. The zero-order chi connectivity index (χ0) is 10.7. The van der Waals surface area contributed by atoms with E-state index in [9.17, 15) is 0 Å². The van der Waals surface area contributed by atoms with Gasteiger partial charge in [-0.3, -0.25) is 4.98 Å². The lowest BCUT2D eigenvalue weighted by Crippen LogP contribution is -1.91. The third-order valence-corrected chi connectivity index (χ3v) is 2.09. The molecule has 15 heavy (non-hydrogen) atoms. The molecule has 0 radical (unpaired) electrons. The van der Waals surface area contributed by atoms with Crippen LogP contribution < -0.4 is 4.74 Å². The van der Waals surface area contributed by atoms with E-state index in [0.29, 0.717) is 11.4 Å². The first-order valence-electron chi connectivity index (χ1n) is 4.28. The van der Waals surface area contributed by atoms with Crippen molar-refractivity contribution in [2.45, 2.75) is 0 Å². The van der Waals surface area contributed by atoms with Gasteiger partial charge in [0.15, 0.2) is 0 Å². The van der Waals surface area contributed by atoms with Crippen molar-refractivity contribution >= 4 is 11.6 Å². The molecule has 0 aliphatic carbocycles. The van der Waals surface area contributed by atoms with Crippen LogP contribution in [0.15, 0.2) is 30.7 Å². The quantitative estimate of drug-likeness (QED) is 0.730. The number of pyridine rings is 1. The van der Waals surface area contributed by atoms with Crippen LogP contribution in [0.25, 0.3) is 11.3 Å². The van der Waals surface area contributed by atoms with Gasteiger partial charge in [0.25, 0.3) is 0 Å². The Labute approximate surface area is 91.9 Å². The molecule has 0 bridgehead atoms. The summed E-state index contributed by atoms with van der Waals surface area (Å²) in [5.74, 6) is 0.660. The van der Waals surface area contributed by atoms with Gasteiger partial charge in [0.2, 0.25) is 5.28 Å². The van der Waals surface area contributed by atoms with Crippen LogP contribution in [0.3, 0.4) is 0 Å². The average molecular weight is 222 g/mol. The highest BCUT2D eigenvalue weighted by Gasteiger charge is 2.06. The first-order chi connectivity index (χ1) is 7.31. The fourth-order valence-electron chi connectivity index (χ4n) is 1.24. The van der Waals surface area contributed by atoms with E-state index in [-0.39, 0.29) is 5.28 Å². The number of ether oxygens (including phenoxy) is 1. The number of hydrogen-bond acceptors (Lipinski definition) is 4. The number of nitrogens with zero attached hydrogens (tertiary/aromatic N) is 3. The predicted octanol–water partition coefficient (Wildman–Crippen LogP) is 2.20. The van der Waals surface area contributed by atoms with E-state index in [0.717, 1.165) is 5.56 Å². The third-order valence-electron chi connectivity index (χ3n) is 1.91. The minimum Gasteiger partial charge on any atom is -0.494 e. The predicted molar refractivity (Wildman–Crippen MR) is 56.8 cm³/mol. The Hall–Kier alpha value is -1.68. The summed E-state index contributed by atoms with van der Waals surface area (Å²) in [7, 11) is 1.59. The standard InChI is InChI=1S/C10H8ClN3O/c1-15-9-6-12-4-2-7(9)8-3-5-13-10(11)14-8/h2-6H,1H3. The van der Waals surface area contributed by atoms with Gasteiger partial charge in [-0.25, -0.2) is 9.97 Å². The van der Waals surface area contributed by atoms with Crippen molar-refractivity contribution in [1.29, 1.82) is 0 Å². The average Bonchev–Trinajstić information content (AvgIpc) is 2.29. The highest BCUT2D eigenvalue weighted by Crippen LogP contribution is 2.26. The second kappa shape index (κ2) is 4.23. The summed E-state index contributed by atoms with van der Waals surface area (Å²) in [4.78, 5) is 11.9. The van der Waals surface area contributed by atoms with Crippen molar-refractivity contribution in [1.82, 2.24) is 15.0 Å². The van der Waals surface area contributed by atoms with Crippen LogP contribution in [-0.2, 0) is 0 Å². The minimum absolute atomic E-state index is 0.214. The van der Waals surface area contributed by atoms with E-state index in [1.807, 2.05) is 6.07 Å². The highest BCUT2D eigenvalue weighted by molar-refractivity contribution is 6.28. The van der Waals surface area contributed by atoms with E-state index in [1.54, 1.807) is 31.8 Å². The molecule has 2 aromatic rings. The number of aromatic nitrogens is 3. The summed E-state index contributed by atoms with van der Waals surface area (Å²) >= 11 is 5.71. The molecule has 0 saturated heterocycles. The van der Waals surface area contributed by atoms with Crippen LogP contribution in [0, 0.1) is 0 Å². The van der Waals surface area contributed by atoms with Crippen LogP contribution in [0.2, 0.25) is 5.28 Å². The van der Waals surface area contributed by atoms with Gasteiger partial charge in [-0.15, -0.1) is 0 Å². The van der Waals surface area contributed by atoms with Crippen LogP contribution in [0.5, 0.6) is 5.75 Å². The maximum atomic E-state index is 5.71. The summed E-state index contributed by atoms with van der Waals surface area (Å²) in [5.41, 5.74) is 1.56. The van der Waals surface area contributed by atoms with Crippen molar-refractivity contribution in [3.63, 3.8) is 0 Å². The Morgan fingerprint density at radius 2 is 2.13 bits per heavy atom. The molecule has 2 heterocycles. The number of hydrogen-bond donors (Lipinski definition) is 0. The summed E-state index contributed by atoms with van der Waals surface area (Å²) in [6.07, 6.45) is 4.91. The molecule has 0 aromatic carbocycles. The van der Waals surface area contributed by atoms with Crippen molar-refractivity contribution < 1.29 is 4.74 Å². The van der Waals surface area contributed by atoms with Crippen molar-refractivity contribution in [2.24, 2.45) is 0 Å². The van der Waals surface area contributed by atoms with Crippen LogP contribution in [-0.4, -0.2) is 22.1 Å². The Morgan fingerprint density at radius 1 is 1.27 bits per heavy atom. The molecule has 0 atom stereocenters. The van der Waals surface area contributed by atoms with Gasteiger partial charge in [-0.1, -0.05) is 0 Å². The van der Waals surface area contributed by atoms with Crippen LogP contribution in [0.1, 0.15) is 0 Å². The summed E-state index contributed by atoms with van der Waals surface area (Å²) in [6, 6.07) is 3.58. The molecule has 2 rings (SSSR count). The second-order valence-corrected chi connectivity index (χ2v) is 3.12. The molecule has 0 saturated carbocycles. The monoisotopic (exact) mass is 221 g/mol. The van der Waals surface area contributed by atoms with Gasteiger partial charge in [-0.05, 0) is 23.7 Å². The lowest BCUT2D eigenvalue weighted by Gasteiger charge is -2.06. The SMILES string of the molecule is COc1cnccc1-c1ccnc(Cl)n1. The molecule has 0 spiro atoms. The van der Waals surface area contributed by atoms with Crippen molar-refractivity contribution in [3.8, 4) is 17.0 Å². The molecule has 76 valence electrons. The van der Waals surface area contributed by atoms with Gasteiger partial charge in [0, 0.05) is 18.0 Å². The zero-order valence-corrected chi connectivity index (χ0v) is 8.77. The Morgan fingerprint density at radius 3 is 2.87 bits per heavy atom. The van der Waals surface area contributed by atoms with Gasteiger partial charge >= 0.3 is 0 Å². The second-order valence-electron chi connectivity index (χ2n) is 2.79. The maximum Gasteiger partial charge on any atom is 0.222 e. The Bertz CT molecular complexity index is 476. The molecule has 2 aromatic heterocycles. The third kappa shape index (κ3) is 2.05. The largest absolute Gasteiger partial charge is 0.494 e. The molecular weight excluding hydrogens is 214 g/mol. The van der Waals surface area contributed by atoms with E-state index in [1.165, 1.54) is 0 Å². The summed E-state index contributed by atoms with van der Waals surface area (Å²) < 4.78 is 5.17. The first kappa shape index (κ1) is 9.86. The van der Waals surface area contributed by atoms with Crippen molar-refractivity contribution in [2.75, 3.05) is 7.11 Å². The van der Waals surface area contributed by atoms with Crippen LogP contribution in [0.4, 0.5) is 0 Å². The van der Waals surface area contributed by atoms with Crippen molar-refractivity contribution in [3.05, 3.63) is 36.0 Å². The molecular formula is C10H8ClN3O. The molecule has 0 unspecified atom stereocenters. The molecule has 0 aliphatic heterocycles. The molecule has 0 amide bonds. The zero-order valence-electron chi connectivity index (χ0n) is 8.01. The molecule has 5 heteroatoms. The maximum absolute atomic E-state index is 5.71. The van der Waals surface area contributed by atoms with Crippen LogP contribution >= 0.6 is 11.6 Å². The summed E-state index contributed by atoms with van der Waals surface area (Å²) in [5, 5.41) is 0.214. The number of methoxy groups -OCH3 is 1. The van der Waals surface area contributed by atoms with Gasteiger partial charge in [-0.2, -0.15) is 0 Å². The molecule has 4 nitrogen and oxygen atoms in total. The lowest BCUT2D eigenvalue weighted by atomic mass is 10.2. The molecule has 0 aliphatic rings. The fraction of sp³-hybridized carbons (Fsp3) is 0.100. The highest BCUT2D eigenvalue weighted by atomic mass is 35.5. The lowest BCUT2D eigenvalue weighted by molar-refractivity contribution is 0.414. The van der Waals surface area contributed by atoms with Gasteiger partial charge < -0.3 is 4.74 Å². The Kier molecular flexibility index (Phi) is 2.78. The van der Waals surface area contributed by atoms with Gasteiger partial charge in [0.1, 0.15) is 5.75 Å². The van der Waals surface area contributed by atoms with E-state index >= 15 is 0 Å². The smallest absolute Gasteiger partial charge is 0.222 e.